The van der Waals surface area contributed by atoms with Gasteiger partial charge in [-0.3, -0.25) is 0 Å². The molecule has 0 saturated heterocycles. The number of hydrogen-bond acceptors (Lipinski definition) is 5. The van der Waals surface area contributed by atoms with Crippen molar-refractivity contribution in [1.82, 2.24) is 9.97 Å². The van der Waals surface area contributed by atoms with Gasteiger partial charge in [0.2, 0.25) is 0 Å². The van der Waals surface area contributed by atoms with Gasteiger partial charge in [-0.15, -0.1) is 0 Å². The molecule has 25 heavy (non-hydrogen) atoms. The molecule has 5 nitrogen and oxygen atoms in total. The van der Waals surface area contributed by atoms with E-state index in [9.17, 15) is 4.39 Å². The summed E-state index contributed by atoms with van der Waals surface area (Å²) in [5, 5.41) is 6.32. The second kappa shape index (κ2) is 8.10. The standard InChI is InChI=1S/C19H19FN4O/c1-25-17-8-3-2-5-14(17)9-10-21-18-12-19(23-13-22-18)24-16-7-4-6-15(20)11-16/h2-8,11-13H,9-10H2,1H3,(H2,21,22,23,24). The molecule has 0 fully saturated rings. The minimum atomic E-state index is -0.297. The van der Waals surface area contributed by atoms with Crippen molar-refractivity contribution < 1.29 is 9.13 Å². The van der Waals surface area contributed by atoms with E-state index >= 15 is 0 Å². The van der Waals surface area contributed by atoms with Gasteiger partial charge in [0.25, 0.3) is 0 Å². The van der Waals surface area contributed by atoms with Crippen LogP contribution in [0.5, 0.6) is 5.75 Å². The number of nitrogens with zero attached hydrogens (tertiary/aromatic N) is 2. The molecule has 0 aliphatic carbocycles. The van der Waals surface area contributed by atoms with Crippen molar-refractivity contribution >= 4 is 17.3 Å². The summed E-state index contributed by atoms with van der Waals surface area (Å²) in [6, 6.07) is 15.9. The van der Waals surface area contributed by atoms with Crippen LogP contribution >= 0.6 is 0 Å². The lowest BCUT2D eigenvalue weighted by Crippen LogP contribution is -2.08. The van der Waals surface area contributed by atoms with Crippen molar-refractivity contribution in [2.24, 2.45) is 0 Å². The third-order valence-electron chi connectivity index (χ3n) is 3.66. The summed E-state index contributed by atoms with van der Waals surface area (Å²) in [5.41, 5.74) is 1.77. The molecule has 1 heterocycles. The van der Waals surface area contributed by atoms with Crippen molar-refractivity contribution in [3.05, 3.63) is 72.3 Å². The molecular formula is C19H19FN4O. The Morgan fingerprint density at radius 2 is 1.84 bits per heavy atom. The molecule has 2 N–H and O–H groups in total. The molecule has 0 saturated carbocycles. The molecule has 0 aliphatic heterocycles. The number of aromatic nitrogens is 2. The molecule has 3 aromatic rings. The Hall–Kier alpha value is -3.15. The van der Waals surface area contributed by atoms with E-state index in [0.717, 1.165) is 17.7 Å². The Morgan fingerprint density at radius 1 is 1.00 bits per heavy atom. The number of halogens is 1. The Labute approximate surface area is 145 Å². The Morgan fingerprint density at radius 3 is 2.68 bits per heavy atom. The van der Waals surface area contributed by atoms with Gasteiger partial charge in [0, 0.05) is 18.3 Å². The Bertz CT molecular complexity index is 841. The quantitative estimate of drug-likeness (QED) is 0.681. The van der Waals surface area contributed by atoms with Gasteiger partial charge in [-0.25, -0.2) is 14.4 Å². The molecule has 1 aromatic heterocycles. The summed E-state index contributed by atoms with van der Waals surface area (Å²) in [6.45, 7) is 0.705. The van der Waals surface area contributed by atoms with Crippen LogP contribution in [0, 0.1) is 5.82 Å². The van der Waals surface area contributed by atoms with Gasteiger partial charge in [-0.1, -0.05) is 24.3 Å². The largest absolute Gasteiger partial charge is 0.496 e. The lowest BCUT2D eigenvalue weighted by Gasteiger charge is -2.10. The van der Waals surface area contributed by atoms with Gasteiger partial charge >= 0.3 is 0 Å². The van der Waals surface area contributed by atoms with Crippen LogP contribution in [0.4, 0.5) is 21.7 Å². The van der Waals surface area contributed by atoms with Crippen LogP contribution in [0.25, 0.3) is 0 Å². The van der Waals surface area contributed by atoms with E-state index in [0.29, 0.717) is 23.9 Å². The van der Waals surface area contributed by atoms with Gasteiger partial charge in [-0.2, -0.15) is 0 Å². The number of benzene rings is 2. The lowest BCUT2D eigenvalue weighted by molar-refractivity contribution is 0.410. The molecule has 0 aliphatic rings. The van der Waals surface area contributed by atoms with Crippen LogP contribution in [-0.4, -0.2) is 23.6 Å². The van der Waals surface area contributed by atoms with Gasteiger partial charge in [0.1, 0.15) is 29.5 Å². The molecule has 0 spiro atoms. The molecule has 0 amide bonds. The van der Waals surface area contributed by atoms with E-state index < -0.39 is 0 Å². The maximum absolute atomic E-state index is 13.2. The molecule has 0 atom stereocenters. The molecule has 0 bridgehead atoms. The van der Waals surface area contributed by atoms with Crippen molar-refractivity contribution in [3.8, 4) is 5.75 Å². The maximum Gasteiger partial charge on any atom is 0.135 e. The zero-order valence-corrected chi connectivity index (χ0v) is 13.9. The molecular weight excluding hydrogens is 319 g/mol. The lowest BCUT2D eigenvalue weighted by atomic mass is 10.1. The molecule has 0 radical (unpaired) electrons. The number of hydrogen-bond donors (Lipinski definition) is 2. The second-order valence-electron chi connectivity index (χ2n) is 5.41. The number of rotatable bonds is 7. The van der Waals surface area contributed by atoms with Crippen molar-refractivity contribution in [2.45, 2.75) is 6.42 Å². The third kappa shape index (κ3) is 4.67. The number of anilines is 3. The molecule has 0 unspecified atom stereocenters. The predicted molar refractivity (Wildman–Crippen MR) is 96.9 cm³/mol. The summed E-state index contributed by atoms with van der Waals surface area (Å²) in [7, 11) is 1.67. The fourth-order valence-electron chi connectivity index (χ4n) is 2.47. The predicted octanol–water partition coefficient (Wildman–Crippen LogP) is 4.02. The van der Waals surface area contributed by atoms with Crippen LogP contribution in [-0.2, 0) is 6.42 Å². The minimum absolute atomic E-state index is 0.297. The summed E-state index contributed by atoms with van der Waals surface area (Å²) in [6.07, 6.45) is 2.27. The van der Waals surface area contributed by atoms with E-state index in [1.54, 1.807) is 25.3 Å². The average Bonchev–Trinajstić information content (AvgIpc) is 2.62. The highest BCUT2D eigenvalue weighted by atomic mass is 19.1. The van der Waals surface area contributed by atoms with E-state index in [2.05, 4.69) is 20.6 Å². The van der Waals surface area contributed by atoms with Crippen LogP contribution in [0.1, 0.15) is 5.56 Å². The van der Waals surface area contributed by atoms with E-state index in [-0.39, 0.29) is 5.82 Å². The third-order valence-corrected chi connectivity index (χ3v) is 3.66. The fourth-order valence-corrected chi connectivity index (χ4v) is 2.47. The molecule has 6 heteroatoms. The summed E-state index contributed by atoms with van der Waals surface area (Å²) in [4.78, 5) is 8.36. The van der Waals surface area contributed by atoms with E-state index in [1.165, 1.54) is 18.5 Å². The minimum Gasteiger partial charge on any atom is -0.496 e. The smallest absolute Gasteiger partial charge is 0.135 e. The first-order valence-corrected chi connectivity index (χ1v) is 7.95. The summed E-state index contributed by atoms with van der Waals surface area (Å²) < 4.78 is 18.6. The Balaban J connectivity index is 1.60. The molecule has 2 aromatic carbocycles. The summed E-state index contributed by atoms with van der Waals surface area (Å²) in [5.74, 6) is 1.87. The topological polar surface area (TPSA) is 59.1 Å². The van der Waals surface area contributed by atoms with Gasteiger partial charge in [0.05, 0.1) is 7.11 Å². The van der Waals surface area contributed by atoms with E-state index in [1.807, 2.05) is 24.3 Å². The van der Waals surface area contributed by atoms with E-state index in [4.69, 9.17) is 4.74 Å². The van der Waals surface area contributed by atoms with Gasteiger partial charge in [-0.05, 0) is 36.2 Å². The number of nitrogens with one attached hydrogen (secondary N) is 2. The highest BCUT2D eigenvalue weighted by molar-refractivity contribution is 5.58. The maximum atomic E-state index is 13.2. The molecule has 128 valence electrons. The first kappa shape index (κ1) is 16.7. The van der Waals surface area contributed by atoms with Crippen LogP contribution in [0.15, 0.2) is 60.9 Å². The van der Waals surface area contributed by atoms with Crippen LogP contribution in [0.2, 0.25) is 0 Å². The normalized spacial score (nSPS) is 10.3. The molecule has 3 rings (SSSR count). The number of methoxy groups -OCH3 is 1. The highest BCUT2D eigenvalue weighted by Gasteiger charge is 2.03. The van der Waals surface area contributed by atoms with Gasteiger partial charge < -0.3 is 15.4 Å². The zero-order valence-electron chi connectivity index (χ0n) is 13.9. The number of para-hydroxylation sites is 1. The van der Waals surface area contributed by atoms with Gasteiger partial charge in [0.15, 0.2) is 0 Å². The van der Waals surface area contributed by atoms with Crippen LogP contribution in [0.3, 0.4) is 0 Å². The van der Waals surface area contributed by atoms with Crippen molar-refractivity contribution in [1.29, 1.82) is 0 Å². The van der Waals surface area contributed by atoms with Crippen molar-refractivity contribution in [3.63, 3.8) is 0 Å². The highest BCUT2D eigenvalue weighted by Crippen LogP contribution is 2.19. The van der Waals surface area contributed by atoms with Crippen molar-refractivity contribution in [2.75, 3.05) is 24.3 Å². The first-order valence-electron chi connectivity index (χ1n) is 7.95. The number of ether oxygens (including phenoxy) is 1. The zero-order chi connectivity index (χ0) is 17.5. The van der Waals surface area contributed by atoms with Crippen LogP contribution < -0.4 is 15.4 Å². The monoisotopic (exact) mass is 338 g/mol. The average molecular weight is 338 g/mol. The summed E-state index contributed by atoms with van der Waals surface area (Å²) >= 11 is 0. The fraction of sp³-hybridized carbons (Fsp3) is 0.158. The Kier molecular flexibility index (Phi) is 5.41. The first-order chi connectivity index (χ1) is 12.2. The SMILES string of the molecule is COc1ccccc1CCNc1cc(Nc2cccc(F)c2)ncn1. The second-order valence-corrected chi connectivity index (χ2v) is 5.41.